The van der Waals surface area contributed by atoms with Gasteiger partial charge in [-0.1, -0.05) is 43.1 Å². The van der Waals surface area contributed by atoms with Crippen molar-refractivity contribution in [3.05, 3.63) is 23.8 Å². The summed E-state index contributed by atoms with van der Waals surface area (Å²) in [6.07, 6.45) is 15.7. The molecule has 3 saturated carbocycles. The van der Waals surface area contributed by atoms with Gasteiger partial charge in [-0.25, -0.2) is 0 Å². The zero-order valence-corrected chi connectivity index (χ0v) is 11.0. The Kier molecular flexibility index (Phi) is 2.50. The topological polar surface area (TPSA) is 17.1 Å². The first kappa shape index (κ1) is 11.0. The number of fused-ring (bicyclic) bond motifs is 5. The van der Waals surface area contributed by atoms with Crippen molar-refractivity contribution in [2.45, 2.75) is 44.9 Å². The molecule has 4 rings (SSSR count). The Morgan fingerprint density at radius 3 is 2.89 bits per heavy atom. The number of rotatable bonds is 0. The molecule has 0 aliphatic heterocycles. The van der Waals surface area contributed by atoms with Gasteiger partial charge in [0.25, 0.3) is 0 Å². The van der Waals surface area contributed by atoms with Gasteiger partial charge in [0.2, 0.25) is 0 Å². The van der Waals surface area contributed by atoms with Crippen LogP contribution in [0.1, 0.15) is 44.9 Å². The van der Waals surface area contributed by atoms with E-state index in [1.165, 1.54) is 38.5 Å². The third-order valence-corrected chi connectivity index (χ3v) is 5.99. The first-order valence-electron chi connectivity index (χ1n) is 7.75. The van der Waals surface area contributed by atoms with Crippen LogP contribution in [0.4, 0.5) is 0 Å². The monoisotopic (exact) mass is 242 g/mol. The predicted octanol–water partition coefficient (Wildman–Crippen LogP) is 3.90. The number of allylic oxidation sites excluding steroid dienone is 4. The van der Waals surface area contributed by atoms with Gasteiger partial charge >= 0.3 is 0 Å². The summed E-state index contributed by atoms with van der Waals surface area (Å²) in [5.41, 5.74) is 1.60. The fraction of sp³-hybridized carbons (Fsp3) is 0.706. The highest BCUT2D eigenvalue weighted by Crippen LogP contribution is 2.53. The lowest BCUT2D eigenvalue weighted by molar-refractivity contribution is -0.132. The van der Waals surface area contributed by atoms with Crippen molar-refractivity contribution in [3.63, 3.8) is 0 Å². The number of hydrogen-bond acceptors (Lipinski definition) is 1. The summed E-state index contributed by atoms with van der Waals surface area (Å²) in [6.45, 7) is 0. The van der Waals surface area contributed by atoms with Gasteiger partial charge < -0.3 is 0 Å². The molecule has 0 spiro atoms. The van der Waals surface area contributed by atoms with Crippen LogP contribution in [0.5, 0.6) is 0 Å². The highest BCUT2D eigenvalue weighted by molar-refractivity contribution is 5.85. The molecule has 1 heteroatoms. The molecule has 0 bridgehead atoms. The van der Waals surface area contributed by atoms with Crippen LogP contribution in [0.2, 0.25) is 0 Å². The molecule has 0 N–H and O–H groups in total. The molecule has 0 aromatic carbocycles. The summed E-state index contributed by atoms with van der Waals surface area (Å²) in [6, 6.07) is 0. The number of ketones is 1. The van der Waals surface area contributed by atoms with Crippen molar-refractivity contribution >= 4 is 5.78 Å². The molecular weight excluding hydrogens is 220 g/mol. The molecule has 5 unspecified atom stereocenters. The van der Waals surface area contributed by atoms with E-state index < -0.39 is 0 Å². The third kappa shape index (κ3) is 1.49. The molecule has 0 radical (unpaired) electrons. The second-order valence-corrected chi connectivity index (χ2v) is 6.75. The largest absolute Gasteiger partial charge is 0.299 e. The van der Waals surface area contributed by atoms with E-state index in [-0.39, 0.29) is 0 Å². The van der Waals surface area contributed by atoms with Crippen LogP contribution in [0, 0.1) is 29.6 Å². The van der Waals surface area contributed by atoms with Crippen LogP contribution >= 0.6 is 0 Å². The van der Waals surface area contributed by atoms with Gasteiger partial charge in [0.15, 0.2) is 0 Å². The second-order valence-electron chi connectivity index (χ2n) is 6.75. The summed E-state index contributed by atoms with van der Waals surface area (Å²) in [5.74, 6) is 3.66. The van der Waals surface area contributed by atoms with Crippen molar-refractivity contribution in [2.75, 3.05) is 0 Å². The molecule has 5 atom stereocenters. The number of hydrogen-bond donors (Lipinski definition) is 0. The standard InChI is InChI=1S/C17H22O/c18-16-10-12-5-3-7-13(12)15-9-8-11-4-1-2-6-14(11)17(15)16/h3,5,7,11-12,14-15,17H,1-2,4,6,8-10H2. The van der Waals surface area contributed by atoms with E-state index in [9.17, 15) is 4.79 Å². The Morgan fingerprint density at radius 2 is 1.94 bits per heavy atom. The second kappa shape index (κ2) is 4.08. The van der Waals surface area contributed by atoms with E-state index in [0.29, 0.717) is 23.5 Å². The SMILES string of the molecule is O=C1CC2C=CC=C2C2CCC3CCCCC3C12. The van der Waals surface area contributed by atoms with Gasteiger partial charge in [-0.15, -0.1) is 0 Å². The molecule has 0 amide bonds. The summed E-state index contributed by atoms with van der Waals surface area (Å²) in [4.78, 5) is 12.6. The highest BCUT2D eigenvalue weighted by atomic mass is 16.1. The summed E-state index contributed by atoms with van der Waals surface area (Å²) in [7, 11) is 0. The van der Waals surface area contributed by atoms with E-state index in [1.54, 1.807) is 5.57 Å². The predicted molar refractivity (Wildman–Crippen MR) is 72.0 cm³/mol. The zero-order chi connectivity index (χ0) is 12.1. The van der Waals surface area contributed by atoms with Gasteiger partial charge in [0.1, 0.15) is 5.78 Å². The lowest BCUT2D eigenvalue weighted by atomic mass is 9.55. The number of Topliss-reactive ketones (excluding diaryl/α,β-unsaturated/α-hetero) is 1. The fourth-order valence-electron chi connectivity index (χ4n) is 5.25. The number of carbonyl (C=O) groups excluding carboxylic acids is 1. The Hall–Kier alpha value is -0.850. The summed E-state index contributed by atoms with van der Waals surface area (Å²) in [5, 5.41) is 0. The van der Waals surface area contributed by atoms with Crippen LogP contribution in [0.3, 0.4) is 0 Å². The van der Waals surface area contributed by atoms with Gasteiger partial charge in [-0.3, -0.25) is 4.79 Å². The first-order valence-corrected chi connectivity index (χ1v) is 7.75. The Morgan fingerprint density at radius 1 is 1.06 bits per heavy atom. The molecule has 3 fully saturated rings. The summed E-state index contributed by atoms with van der Waals surface area (Å²) >= 11 is 0. The molecule has 18 heavy (non-hydrogen) atoms. The molecule has 0 aromatic heterocycles. The third-order valence-electron chi connectivity index (χ3n) is 5.99. The first-order chi connectivity index (χ1) is 8.84. The molecule has 4 aliphatic rings. The Balaban J connectivity index is 1.67. The Bertz CT molecular complexity index is 431. The van der Waals surface area contributed by atoms with Crippen molar-refractivity contribution in [1.29, 1.82) is 0 Å². The molecule has 96 valence electrons. The van der Waals surface area contributed by atoms with Crippen LogP contribution in [-0.2, 0) is 4.79 Å². The average molecular weight is 242 g/mol. The molecule has 1 nitrogen and oxygen atoms in total. The minimum atomic E-state index is 0.395. The Labute approximate surface area is 109 Å². The van der Waals surface area contributed by atoms with Crippen LogP contribution < -0.4 is 0 Å². The molecule has 0 aromatic rings. The lowest BCUT2D eigenvalue weighted by Gasteiger charge is -2.48. The van der Waals surface area contributed by atoms with Crippen LogP contribution in [0.15, 0.2) is 23.8 Å². The number of carbonyl (C=O) groups is 1. The zero-order valence-electron chi connectivity index (χ0n) is 11.0. The van der Waals surface area contributed by atoms with Gasteiger partial charge in [0.05, 0.1) is 0 Å². The van der Waals surface area contributed by atoms with Gasteiger partial charge in [-0.2, -0.15) is 0 Å². The van der Waals surface area contributed by atoms with Crippen molar-refractivity contribution in [3.8, 4) is 0 Å². The molecular formula is C17H22O. The fourth-order valence-corrected chi connectivity index (χ4v) is 5.25. The van der Waals surface area contributed by atoms with Crippen LogP contribution in [0.25, 0.3) is 0 Å². The molecule has 4 aliphatic carbocycles. The van der Waals surface area contributed by atoms with Crippen molar-refractivity contribution < 1.29 is 4.79 Å². The lowest BCUT2D eigenvalue weighted by Crippen LogP contribution is -2.45. The van der Waals surface area contributed by atoms with Gasteiger partial charge in [-0.05, 0) is 37.0 Å². The van der Waals surface area contributed by atoms with Gasteiger partial charge in [0, 0.05) is 18.3 Å². The minimum Gasteiger partial charge on any atom is -0.299 e. The maximum absolute atomic E-state index is 12.6. The smallest absolute Gasteiger partial charge is 0.137 e. The van der Waals surface area contributed by atoms with Crippen LogP contribution in [-0.4, -0.2) is 5.78 Å². The maximum Gasteiger partial charge on any atom is 0.137 e. The maximum atomic E-state index is 12.6. The highest BCUT2D eigenvalue weighted by Gasteiger charge is 2.48. The quantitative estimate of drug-likeness (QED) is 0.629. The van der Waals surface area contributed by atoms with Crippen molar-refractivity contribution in [1.82, 2.24) is 0 Å². The average Bonchev–Trinajstić information content (AvgIpc) is 2.86. The minimum absolute atomic E-state index is 0.395. The van der Waals surface area contributed by atoms with E-state index >= 15 is 0 Å². The normalized spacial score (nSPS) is 46.1. The summed E-state index contributed by atoms with van der Waals surface area (Å²) < 4.78 is 0. The van der Waals surface area contributed by atoms with E-state index in [0.717, 1.165) is 18.3 Å². The molecule has 0 saturated heterocycles. The molecule has 0 heterocycles. The van der Waals surface area contributed by atoms with E-state index in [4.69, 9.17) is 0 Å². The van der Waals surface area contributed by atoms with E-state index in [2.05, 4.69) is 18.2 Å². The van der Waals surface area contributed by atoms with E-state index in [1.807, 2.05) is 0 Å². The van der Waals surface area contributed by atoms with Crippen molar-refractivity contribution in [2.24, 2.45) is 29.6 Å².